The van der Waals surface area contributed by atoms with E-state index in [1.807, 2.05) is 6.34 Å². The van der Waals surface area contributed by atoms with Gasteiger partial charge in [0.1, 0.15) is 0 Å². The molecule has 4 heteroatoms. The SMILES string of the molecule is CCCCCCCCCCCCCCCCCCN(CCO)N1C=NCC1. The fourth-order valence-corrected chi connectivity index (χ4v) is 3.91. The largest absolute Gasteiger partial charge is 0.395 e. The first-order valence-corrected chi connectivity index (χ1v) is 12.0. The van der Waals surface area contributed by atoms with Crippen molar-refractivity contribution in [1.29, 1.82) is 0 Å². The summed E-state index contributed by atoms with van der Waals surface area (Å²) in [6.45, 7) is 6.15. The predicted octanol–water partition coefficient (Wildman–Crippen LogP) is 5.80. The first kappa shape index (κ1) is 24.4. The molecule has 1 N–H and O–H groups in total. The Hall–Kier alpha value is -0.610. The van der Waals surface area contributed by atoms with Gasteiger partial charge in [-0.1, -0.05) is 103 Å². The molecule has 1 aliphatic heterocycles. The van der Waals surface area contributed by atoms with Crippen molar-refractivity contribution in [1.82, 2.24) is 10.0 Å². The molecule has 0 aliphatic carbocycles. The van der Waals surface area contributed by atoms with Crippen molar-refractivity contribution in [2.24, 2.45) is 4.99 Å². The summed E-state index contributed by atoms with van der Waals surface area (Å²) in [5.41, 5.74) is 0. The standard InChI is InChI=1S/C23H47N3O/c1-2-3-4-5-6-7-8-9-10-11-12-13-14-15-16-17-19-25(21-22-27)26-20-18-24-23-26/h23,27H,2-22H2,1H3. The van der Waals surface area contributed by atoms with Crippen LogP contribution in [0.5, 0.6) is 0 Å². The number of aliphatic imine (C=N–C) groups is 1. The maximum absolute atomic E-state index is 9.22. The first-order chi connectivity index (χ1) is 13.4. The summed E-state index contributed by atoms with van der Waals surface area (Å²) in [5.74, 6) is 0. The summed E-state index contributed by atoms with van der Waals surface area (Å²) in [6.07, 6.45) is 24.4. The molecule has 0 atom stereocenters. The van der Waals surface area contributed by atoms with E-state index in [1.165, 1.54) is 103 Å². The highest BCUT2D eigenvalue weighted by molar-refractivity contribution is 5.56. The van der Waals surface area contributed by atoms with Crippen LogP contribution >= 0.6 is 0 Å². The number of hydrogen-bond donors (Lipinski definition) is 1. The second-order valence-electron chi connectivity index (χ2n) is 8.17. The molecule has 27 heavy (non-hydrogen) atoms. The molecular formula is C23H47N3O. The summed E-state index contributed by atoms with van der Waals surface area (Å²) >= 11 is 0. The van der Waals surface area contributed by atoms with E-state index in [-0.39, 0.29) is 6.61 Å². The van der Waals surface area contributed by atoms with Gasteiger partial charge in [0, 0.05) is 13.1 Å². The van der Waals surface area contributed by atoms with Gasteiger partial charge in [0.2, 0.25) is 0 Å². The molecule has 1 heterocycles. The summed E-state index contributed by atoms with van der Waals surface area (Å²) < 4.78 is 0. The van der Waals surface area contributed by atoms with Crippen molar-refractivity contribution in [3.05, 3.63) is 0 Å². The van der Waals surface area contributed by atoms with Gasteiger partial charge in [0.15, 0.2) is 0 Å². The highest BCUT2D eigenvalue weighted by atomic mass is 16.3. The Bertz CT molecular complexity index is 336. The molecule has 0 aromatic carbocycles. The average molecular weight is 382 g/mol. The molecule has 0 aromatic heterocycles. The van der Waals surface area contributed by atoms with E-state index in [2.05, 4.69) is 21.9 Å². The Kier molecular flexibility index (Phi) is 17.0. The molecule has 1 aliphatic rings. The zero-order valence-corrected chi connectivity index (χ0v) is 18.2. The van der Waals surface area contributed by atoms with Crippen LogP contribution in [0.4, 0.5) is 0 Å². The van der Waals surface area contributed by atoms with Gasteiger partial charge < -0.3 is 5.11 Å². The van der Waals surface area contributed by atoms with Gasteiger partial charge in [0.05, 0.1) is 26.0 Å². The van der Waals surface area contributed by atoms with Crippen molar-refractivity contribution < 1.29 is 5.11 Å². The van der Waals surface area contributed by atoms with Gasteiger partial charge in [-0.2, -0.15) is 0 Å². The van der Waals surface area contributed by atoms with Crippen LogP contribution in [0, 0.1) is 0 Å². The van der Waals surface area contributed by atoms with E-state index in [0.29, 0.717) is 0 Å². The molecule has 0 spiro atoms. The molecule has 0 unspecified atom stereocenters. The Morgan fingerprint density at radius 1 is 0.741 bits per heavy atom. The maximum Gasteiger partial charge on any atom is 0.0995 e. The number of nitrogens with zero attached hydrogens (tertiary/aromatic N) is 3. The van der Waals surface area contributed by atoms with E-state index in [1.54, 1.807) is 0 Å². The van der Waals surface area contributed by atoms with Crippen LogP contribution in [-0.4, -0.2) is 54.2 Å². The van der Waals surface area contributed by atoms with Gasteiger partial charge in [-0.05, 0) is 6.42 Å². The fourth-order valence-electron chi connectivity index (χ4n) is 3.91. The minimum absolute atomic E-state index is 0.225. The number of rotatable bonds is 20. The van der Waals surface area contributed by atoms with Crippen molar-refractivity contribution in [3.8, 4) is 0 Å². The molecule has 0 saturated carbocycles. The smallest absolute Gasteiger partial charge is 0.0995 e. The van der Waals surface area contributed by atoms with Crippen LogP contribution in [0.2, 0.25) is 0 Å². The van der Waals surface area contributed by atoms with Crippen molar-refractivity contribution in [2.75, 3.05) is 32.8 Å². The summed E-state index contributed by atoms with van der Waals surface area (Å²) in [7, 11) is 0. The number of unbranched alkanes of at least 4 members (excludes halogenated alkanes) is 15. The monoisotopic (exact) mass is 381 g/mol. The summed E-state index contributed by atoms with van der Waals surface area (Å²) in [6, 6.07) is 0. The molecule has 0 bridgehead atoms. The summed E-state index contributed by atoms with van der Waals surface area (Å²) in [4.78, 5) is 4.27. The molecule has 0 saturated heterocycles. The van der Waals surface area contributed by atoms with Crippen LogP contribution in [-0.2, 0) is 0 Å². The predicted molar refractivity (Wildman–Crippen MR) is 118 cm³/mol. The van der Waals surface area contributed by atoms with Crippen LogP contribution < -0.4 is 0 Å². The second-order valence-corrected chi connectivity index (χ2v) is 8.17. The van der Waals surface area contributed by atoms with Crippen LogP contribution in [0.3, 0.4) is 0 Å². The topological polar surface area (TPSA) is 39.1 Å². The van der Waals surface area contributed by atoms with Crippen molar-refractivity contribution in [2.45, 2.75) is 110 Å². The van der Waals surface area contributed by atoms with Crippen molar-refractivity contribution >= 4 is 6.34 Å². The number of aliphatic hydroxyl groups excluding tert-OH is 1. The molecule has 4 nitrogen and oxygen atoms in total. The zero-order chi connectivity index (χ0) is 19.4. The highest BCUT2D eigenvalue weighted by Crippen LogP contribution is 2.14. The van der Waals surface area contributed by atoms with Crippen LogP contribution in [0.15, 0.2) is 4.99 Å². The molecular weight excluding hydrogens is 334 g/mol. The second kappa shape index (κ2) is 18.7. The maximum atomic E-state index is 9.22. The molecule has 0 aromatic rings. The fraction of sp³-hybridized carbons (Fsp3) is 0.957. The molecule has 0 radical (unpaired) electrons. The molecule has 160 valence electrons. The van der Waals surface area contributed by atoms with E-state index < -0.39 is 0 Å². The van der Waals surface area contributed by atoms with E-state index in [4.69, 9.17) is 0 Å². The average Bonchev–Trinajstić information content (AvgIpc) is 3.21. The van der Waals surface area contributed by atoms with E-state index >= 15 is 0 Å². The van der Waals surface area contributed by atoms with Gasteiger partial charge in [0.25, 0.3) is 0 Å². The highest BCUT2D eigenvalue weighted by Gasteiger charge is 2.14. The Balaban J connectivity index is 1.79. The van der Waals surface area contributed by atoms with Crippen molar-refractivity contribution in [3.63, 3.8) is 0 Å². The molecule has 0 fully saturated rings. The quantitative estimate of drug-likeness (QED) is 0.271. The van der Waals surface area contributed by atoms with E-state index in [0.717, 1.165) is 26.2 Å². The third kappa shape index (κ3) is 14.1. The van der Waals surface area contributed by atoms with Crippen LogP contribution in [0.1, 0.15) is 110 Å². The zero-order valence-electron chi connectivity index (χ0n) is 18.2. The first-order valence-electron chi connectivity index (χ1n) is 12.0. The Morgan fingerprint density at radius 3 is 1.63 bits per heavy atom. The third-order valence-corrected chi connectivity index (χ3v) is 5.66. The number of hydrazine groups is 1. The van der Waals surface area contributed by atoms with Gasteiger partial charge in [-0.25, -0.2) is 5.01 Å². The minimum Gasteiger partial charge on any atom is -0.395 e. The third-order valence-electron chi connectivity index (χ3n) is 5.66. The Labute approximate surface area is 169 Å². The lowest BCUT2D eigenvalue weighted by molar-refractivity contribution is 0.0392. The van der Waals surface area contributed by atoms with Crippen LogP contribution in [0.25, 0.3) is 0 Å². The van der Waals surface area contributed by atoms with Gasteiger partial charge in [-0.15, -0.1) is 0 Å². The normalized spacial score (nSPS) is 14.0. The lowest BCUT2D eigenvalue weighted by Crippen LogP contribution is -2.43. The lowest BCUT2D eigenvalue weighted by Gasteiger charge is -2.30. The van der Waals surface area contributed by atoms with E-state index in [9.17, 15) is 5.11 Å². The van der Waals surface area contributed by atoms with Gasteiger partial charge in [-0.3, -0.25) is 10.0 Å². The minimum atomic E-state index is 0.225. The Morgan fingerprint density at radius 2 is 1.22 bits per heavy atom. The molecule has 0 amide bonds. The lowest BCUT2D eigenvalue weighted by atomic mass is 10.0. The summed E-state index contributed by atoms with van der Waals surface area (Å²) in [5, 5.41) is 13.6. The number of aliphatic hydroxyl groups is 1. The number of hydrogen-bond acceptors (Lipinski definition) is 4. The van der Waals surface area contributed by atoms with Gasteiger partial charge >= 0.3 is 0 Å². The molecule has 1 rings (SSSR count).